The molecule has 4 rings (SSSR count). The van der Waals surface area contributed by atoms with Gasteiger partial charge >= 0.3 is 0 Å². The predicted octanol–water partition coefficient (Wildman–Crippen LogP) is 5.66. The van der Waals surface area contributed by atoms with Gasteiger partial charge in [0.2, 0.25) is 0 Å². The van der Waals surface area contributed by atoms with Crippen molar-refractivity contribution < 1.29 is 5.11 Å². The molecule has 2 N–H and O–H groups in total. The first kappa shape index (κ1) is 20.4. The van der Waals surface area contributed by atoms with Crippen LogP contribution in [-0.4, -0.2) is 10.7 Å². The van der Waals surface area contributed by atoms with Crippen LogP contribution < -0.4 is 5.32 Å². The van der Waals surface area contributed by atoms with Crippen LogP contribution in [0.5, 0.6) is 0 Å². The van der Waals surface area contributed by atoms with Gasteiger partial charge in [-0.25, -0.2) is 0 Å². The number of aliphatic hydroxyl groups is 1. The van der Waals surface area contributed by atoms with Gasteiger partial charge < -0.3 is 10.4 Å². The highest BCUT2D eigenvalue weighted by atomic mass is 16.3. The van der Waals surface area contributed by atoms with Gasteiger partial charge in [0.25, 0.3) is 0 Å². The summed E-state index contributed by atoms with van der Waals surface area (Å²) in [5.74, 6) is 6.59. The monoisotopic (exact) mass is 395 g/mol. The molecule has 4 atom stereocenters. The fourth-order valence-corrected chi connectivity index (χ4v) is 4.58. The Morgan fingerprint density at radius 3 is 2.03 bits per heavy atom. The molecule has 1 aliphatic rings. The zero-order valence-corrected chi connectivity index (χ0v) is 17.5. The van der Waals surface area contributed by atoms with Crippen molar-refractivity contribution in [3.05, 3.63) is 108 Å². The van der Waals surface area contributed by atoms with Crippen molar-refractivity contribution in [2.45, 2.75) is 43.9 Å². The summed E-state index contributed by atoms with van der Waals surface area (Å²) in [7, 11) is 0. The number of benzene rings is 3. The maximum Gasteiger partial charge on any atom is 0.132 e. The number of hydrogen-bond donors (Lipinski definition) is 2. The molecule has 1 fully saturated rings. The molecule has 30 heavy (non-hydrogen) atoms. The van der Waals surface area contributed by atoms with Crippen molar-refractivity contribution >= 4 is 0 Å². The molecule has 2 nitrogen and oxygen atoms in total. The summed E-state index contributed by atoms with van der Waals surface area (Å²) in [5.41, 5.74) is 2.26. The van der Waals surface area contributed by atoms with E-state index < -0.39 is 5.60 Å². The van der Waals surface area contributed by atoms with Gasteiger partial charge in [0.1, 0.15) is 5.60 Å². The lowest BCUT2D eigenvalue weighted by atomic mass is 9.69. The second kappa shape index (κ2) is 9.30. The van der Waals surface area contributed by atoms with Gasteiger partial charge in [-0.3, -0.25) is 0 Å². The standard InChI is InChI=1S/C28H29NO/c1-2-12-25-27(24-17-10-5-11-18-24)29-26(23-15-8-4-9-16-23)21-28(25,30)20-19-22-13-6-3-7-14-22/h3-11,13-18,25-27,29-30H,2,12,21H2,1H3. The van der Waals surface area contributed by atoms with Crippen LogP contribution in [0.25, 0.3) is 0 Å². The normalized spacial score (nSPS) is 25.9. The summed E-state index contributed by atoms with van der Waals surface area (Å²) in [6.45, 7) is 2.18. The SMILES string of the molecule is CCCC1C(c2ccccc2)NC(c2ccccc2)CC1(O)C#Cc1ccccc1. The van der Waals surface area contributed by atoms with E-state index in [9.17, 15) is 5.11 Å². The van der Waals surface area contributed by atoms with Gasteiger partial charge in [0, 0.05) is 30.0 Å². The molecule has 0 bridgehead atoms. The Hall–Kier alpha value is -2.86. The number of piperidine rings is 1. The Morgan fingerprint density at radius 2 is 1.43 bits per heavy atom. The van der Waals surface area contributed by atoms with Crippen molar-refractivity contribution in [2.24, 2.45) is 5.92 Å². The van der Waals surface area contributed by atoms with Crippen LogP contribution in [-0.2, 0) is 0 Å². The molecule has 3 aromatic rings. The van der Waals surface area contributed by atoms with Gasteiger partial charge in [0.15, 0.2) is 0 Å². The molecule has 0 aliphatic carbocycles. The van der Waals surface area contributed by atoms with E-state index >= 15 is 0 Å². The highest BCUT2D eigenvalue weighted by molar-refractivity contribution is 5.38. The summed E-state index contributed by atoms with van der Waals surface area (Å²) in [4.78, 5) is 0. The number of nitrogens with one attached hydrogen (secondary N) is 1. The van der Waals surface area contributed by atoms with Crippen LogP contribution in [0.1, 0.15) is 55.0 Å². The average Bonchev–Trinajstić information content (AvgIpc) is 2.81. The van der Waals surface area contributed by atoms with E-state index in [0.29, 0.717) is 6.42 Å². The molecule has 0 radical (unpaired) electrons. The van der Waals surface area contributed by atoms with E-state index in [-0.39, 0.29) is 18.0 Å². The summed E-state index contributed by atoms with van der Waals surface area (Å²) in [5, 5.41) is 15.8. The number of rotatable bonds is 4. The predicted molar refractivity (Wildman–Crippen MR) is 123 cm³/mol. The van der Waals surface area contributed by atoms with Crippen LogP contribution in [0.4, 0.5) is 0 Å². The highest BCUT2D eigenvalue weighted by Crippen LogP contribution is 2.45. The van der Waals surface area contributed by atoms with Crippen molar-refractivity contribution in [1.29, 1.82) is 0 Å². The third kappa shape index (κ3) is 4.49. The lowest BCUT2D eigenvalue weighted by Crippen LogP contribution is -2.52. The molecule has 3 aromatic carbocycles. The molecule has 2 heteroatoms. The van der Waals surface area contributed by atoms with Crippen molar-refractivity contribution in [2.75, 3.05) is 0 Å². The molecule has 1 heterocycles. The first-order chi connectivity index (χ1) is 14.7. The van der Waals surface area contributed by atoms with E-state index in [1.807, 2.05) is 42.5 Å². The van der Waals surface area contributed by atoms with Crippen LogP contribution in [0.15, 0.2) is 91.0 Å². The van der Waals surface area contributed by atoms with E-state index in [2.05, 4.69) is 72.6 Å². The zero-order valence-electron chi connectivity index (χ0n) is 17.5. The van der Waals surface area contributed by atoms with E-state index in [1.54, 1.807) is 0 Å². The molecule has 0 saturated carbocycles. The van der Waals surface area contributed by atoms with E-state index in [1.165, 1.54) is 11.1 Å². The summed E-state index contributed by atoms with van der Waals surface area (Å²) < 4.78 is 0. The Kier molecular flexibility index (Phi) is 6.33. The minimum atomic E-state index is -1.07. The lowest BCUT2D eigenvalue weighted by Gasteiger charge is -2.46. The fraction of sp³-hybridized carbons (Fsp3) is 0.286. The largest absolute Gasteiger partial charge is 0.377 e. The van der Waals surface area contributed by atoms with Gasteiger partial charge in [-0.05, 0) is 29.7 Å². The molecular weight excluding hydrogens is 366 g/mol. The molecular formula is C28H29NO. The maximum atomic E-state index is 12.0. The topological polar surface area (TPSA) is 32.3 Å². The first-order valence-corrected chi connectivity index (χ1v) is 10.9. The molecule has 1 saturated heterocycles. The molecule has 0 amide bonds. The smallest absolute Gasteiger partial charge is 0.132 e. The molecule has 1 aliphatic heterocycles. The zero-order chi connectivity index (χ0) is 20.8. The van der Waals surface area contributed by atoms with Crippen molar-refractivity contribution in [1.82, 2.24) is 5.32 Å². The highest BCUT2D eigenvalue weighted by Gasteiger charge is 2.47. The van der Waals surface area contributed by atoms with Crippen molar-refractivity contribution in [3.8, 4) is 11.8 Å². The number of hydrogen-bond acceptors (Lipinski definition) is 2. The molecule has 4 unspecified atom stereocenters. The first-order valence-electron chi connectivity index (χ1n) is 10.9. The minimum Gasteiger partial charge on any atom is -0.377 e. The summed E-state index contributed by atoms with van der Waals surface area (Å²) in [6, 6.07) is 30.9. The van der Waals surface area contributed by atoms with Crippen LogP contribution in [0, 0.1) is 17.8 Å². The lowest BCUT2D eigenvalue weighted by molar-refractivity contribution is -0.0317. The Balaban J connectivity index is 1.77. The quantitative estimate of drug-likeness (QED) is 0.559. The minimum absolute atomic E-state index is 0.0149. The summed E-state index contributed by atoms with van der Waals surface area (Å²) >= 11 is 0. The summed E-state index contributed by atoms with van der Waals surface area (Å²) in [6.07, 6.45) is 2.49. The van der Waals surface area contributed by atoms with Crippen LogP contribution in [0.2, 0.25) is 0 Å². The van der Waals surface area contributed by atoms with Crippen molar-refractivity contribution in [3.63, 3.8) is 0 Å². The van der Waals surface area contributed by atoms with E-state index in [0.717, 1.165) is 18.4 Å². The average molecular weight is 396 g/mol. The van der Waals surface area contributed by atoms with Gasteiger partial charge in [-0.15, -0.1) is 0 Å². The molecule has 0 spiro atoms. The Morgan fingerprint density at radius 1 is 0.867 bits per heavy atom. The molecule has 152 valence electrons. The van der Waals surface area contributed by atoms with E-state index in [4.69, 9.17) is 0 Å². The Labute approximate surface area is 180 Å². The molecule has 0 aromatic heterocycles. The maximum absolute atomic E-state index is 12.0. The fourth-order valence-electron chi connectivity index (χ4n) is 4.58. The van der Waals surface area contributed by atoms with Gasteiger partial charge in [0.05, 0.1) is 0 Å². The third-order valence-electron chi connectivity index (χ3n) is 6.07. The Bertz CT molecular complexity index is 990. The van der Waals surface area contributed by atoms with Crippen LogP contribution in [0.3, 0.4) is 0 Å². The van der Waals surface area contributed by atoms with Gasteiger partial charge in [-0.2, -0.15) is 0 Å². The van der Waals surface area contributed by atoms with Gasteiger partial charge in [-0.1, -0.05) is 104 Å². The third-order valence-corrected chi connectivity index (χ3v) is 6.07. The second-order valence-electron chi connectivity index (χ2n) is 8.16. The van der Waals surface area contributed by atoms with Crippen LogP contribution >= 0.6 is 0 Å². The second-order valence-corrected chi connectivity index (χ2v) is 8.16.